The van der Waals surface area contributed by atoms with Crippen molar-refractivity contribution in [2.24, 2.45) is 5.92 Å². The highest BCUT2D eigenvalue weighted by atomic mass is 16.6. The second-order valence-electron chi connectivity index (χ2n) is 4.39. The molecule has 0 saturated carbocycles. The zero-order chi connectivity index (χ0) is 13.4. The Balaban J connectivity index is 4.55. The molecular weight excluding hydrogens is 220 g/mol. The fourth-order valence-corrected chi connectivity index (χ4v) is 1.25. The third kappa shape index (κ3) is 6.76. The molecule has 4 nitrogen and oxygen atoms in total. The van der Waals surface area contributed by atoms with Gasteiger partial charge in [-0.2, -0.15) is 0 Å². The number of esters is 2. The van der Waals surface area contributed by atoms with Gasteiger partial charge in [-0.1, -0.05) is 6.08 Å². The third-order valence-corrected chi connectivity index (χ3v) is 1.93. The van der Waals surface area contributed by atoms with Gasteiger partial charge in [0.15, 0.2) is 5.92 Å². The van der Waals surface area contributed by atoms with Gasteiger partial charge in [0.1, 0.15) is 0 Å². The molecule has 17 heavy (non-hydrogen) atoms. The van der Waals surface area contributed by atoms with E-state index in [0.717, 1.165) is 0 Å². The molecule has 0 heterocycles. The molecule has 0 bridgehead atoms. The van der Waals surface area contributed by atoms with E-state index in [2.05, 4.69) is 6.58 Å². The van der Waals surface area contributed by atoms with Crippen molar-refractivity contribution in [3.63, 3.8) is 0 Å². The molecule has 0 aromatic rings. The lowest BCUT2D eigenvalue weighted by Crippen LogP contribution is -2.31. The number of hydrogen-bond acceptors (Lipinski definition) is 4. The molecule has 0 aliphatic carbocycles. The van der Waals surface area contributed by atoms with E-state index in [1.807, 2.05) is 0 Å². The monoisotopic (exact) mass is 242 g/mol. The lowest BCUT2D eigenvalue weighted by atomic mass is 10.0. The highest BCUT2D eigenvalue weighted by molar-refractivity contribution is 5.95. The predicted molar refractivity (Wildman–Crippen MR) is 65.4 cm³/mol. The van der Waals surface area contributed by atoms with E-state index in [4.69, 9.17) is 9.47 Å². The van der Waals surface area contributed by atoms with E-state index in [0.29, 0.717) is 12.8 Å². The van der Waals surface area contributed by atoms with Crippen molar-refractivity contribution in [2.75, 3.05) is 0 Å². The van der Waals surface area contributed by atoms with Gasteiger partial charge < -0.3 is 9.47 Å². The van der Waals surface area contributed by atoms with Gasteiger partial charge in [-0.05, 0) is 40.5 Å². The van der Waals surface area contributed by atoms with Crippen LogP contribution in [-0.2, 0) is 19.1 Å². The number of ether oxygens (including phenoxy) is 2. The SMILES string of the molecule is C=CCCC(C(=O)OC(C)C)C(=O)OC(C)C. The molecular formula is C13H22O4. The first-order valence-corrected chi connectivity index (χ1v) is 5.90. The maximum Gasteiger partial charge on any atom is 0.320 e. The van der Waals surface area contributed by atoms with Crippen LogP contribution in [0.15, 0.2) is 12.7 Å². The Bertz CT molecular complexity index is 247. The Morgan fingerprint density at radius 1 is 1.06 bits per heavy atom. The quantitative estimate of drug-likeness (QED) is 0.391. The summed E-state index contributed by atoms with van der Waals surface area (Å²) >= 11 is 0. The average molecular weight is 242 g/mol. The minimum absolute atomic E-state index is 0.236. The van der Waals surface area contributed by atoms with Crippen LogP contribution in [-0.4, -0.2) is 24.1 Å². The van der Waals surface area contributed by atoms with Crippen LogP contribution in [0.1, 0.15) is 40.5 Å². The standard InChI is InChI=1S/C13H22O4/c1-6-7-8-11(12(14)16-9(2)3)13(15)17-10(4)5/h6,9-11H,1,7-8H2,2-5H3. The van der Waals surface area contributed by atoms with Crippen molar-refractivity contribution < 1.29 is 19.1 Å². The second kappa shape index (κ2) is 7.87. The molecule has 0 aliphatic rings. The van der Waals surface area contributed by atoms with E-state index < -0.39 is 17.9 Å². The van der Waals surface area contributed by atoms with Gasteiger partial charge in [0, 0.05) is 0 Å². The zero-order valence-corrected chi connectivity index (χ0v) is 11.1. The van der Waals surface area contributed by atoms with Crippen molar-refractivity contribution >= 4 is 11.9 Å². The fraction of sp³-hybridized carbons (Fsp3) is 0.692. The number of hydrogen-bond donors (Lipinski definition) is 0. The Morgan fingerprint density at radius 3 is 1.76 bits per heavy atom. The summed E-state index contributed by atoms with van der Waals surface area (Å²) in [5.74, 6) is -1.89. The fourth-order valence-electron chi connectivity index (χ4n) is 1.25. The van der Waals surface area contributed by atoms with Crippen LogP contribution < -0.4 is 0 Å². The normalized spacial score (nSPS) is 10.8. The summed E-state index contributed by atoms with van der Waals surface area (Å²) in [5.41, 5.74) is 0. The van der Waals surface area contributed by atoms with Crippen LogP contribution in [0.25, 0.3) is 0 Å². The average Bonchev–Trinajstić information content (AvgIpc) is 2.15. The Morgan fingerprint density at radius 2 is 1.47 bits per heavy atom. The maximum absolute atomic E-state index is 11.7. The summed E-state index contributed by atoms with van der Waals surface area (Å²) in [6, 6.07) is 0. The molecule has 0 aliphatic heterocycles. The van der Waals surface area contributed by atoms with Crippen LogP contribution in [0.3, 0.4) is 0 Å². The molecule has 0 aromatic carbocycles. The van der Waals surface area contributed by atoms with E-state index in [9.17, 15) is 9.59 Å². The second-order valence-corrected chi connectivity index (χ2v) is 4.39. The summed E-state index contributed by atoms with van der Waals surface area (Å²) < 4.78 is 10.1. The first-order valence-electron chi connectivity index (χ1n) is 5.90. The van der Waals surface area contributed by atoms with Crippen molar-refractivity contribution in [2.45, 2.75) is 52.7 Å². The Hall–Kier alpha value is -1.32. The molecule has 98 valence electrons. The number of allylic oxidation sites excluding steroid dienone is 1. The molecule has 0 unspecified atom stereocenters. The molecule has 0 aromatic heterocycles. The molecule has 0 N–H and O–H groups in total. The summed E-state index contributed by atoms with van der Waals surface area (Å²) in [4.78, 5) is 23.5. The Labute approximate surface area is 103 Å². The van der Waals surface area contributed by atoms with Crippen LogP contribution in [0.2, 0.25) is 0 Å². The molecule has 0 rings (SSSR count). The van der Waals surface area contributed by atoms with Crippen molar-refractivity contribution in [3.05, 3.63) is 12.7 Å². The molecule has 0 atom stereocenters. The van der Waals surface area contributed by atoms with Crippen molar-refractivity contribution in [3.8, 4) is 0 Å². The summed E-state index contributed by atoms with van der Waals surface area (Å²) in [7, 11) is 0. The van der Waals surface area contributed by atoms with Crippen LogP contribution in [0.4, 0.5) is 0 Å². The van der Waals surface area contributed by atoms with Gasteiger partial charge in [-0.25, -0.2) is 0 Å². The smallest absolute Gasteiger partial charge is 0.320 e. The van der Waals surface area contributed by atoms with Gasteiger partial charge in [-0.3, -0.25) is 9.59 Å². The summed E-state index contributed by atoms with van der Waals surface area (Å²) in [6.45, 7) is 10.6. The van der Waals surface area contributed by atoms with Gasteiger partial charge >= 0.3 is 11.9 Å². The number of rotatable bonds is 7. The van der Waals surface area contributed by atoms with Crippen LogP contribution >= 0.6 is 0 Å². The van der Waals surface area contributed by atoms with E-state index in [-0.39, 0.29) is 12.2 Å². The van der Waals surface area contributed by atoms with Gasteiger partial charge in [-0.15, -0.1) is 6.58 Å². The van der Waals surface area contributed by atoms with E-state index in [1.165, 1.54) is 0 Å². The Kier molecular flexibility index (Phi) is 7.26. The van der Waals surface area contributed by atoms with Crippen molar-refractivity contribution in [1.82, 2.24) is 0 Å². The third-order valence-electron chi connectivity index (χ3n) is 1.93. The van der Waals surface area contributed by atoms with Gasteiger partial charge in [0.05, 0.1) is 12.2 Å². The molecule has 0 amide bonds. The first-order chi connectivity index (χ1) is 7.88. The first kappa shape index (κ1) is 15.7. The predicted octanol–water partition coefficient (Wildman–Crippen LogP) is 2.47. The zero-order valence-electron chi connectivity index (χ0n) is 11.1. The van der Waals surface area contributed by atoms with Crippen LogP contribution in [0.5, 0.6) is 0 Å². The number of carbonyl (C=O) groups excluding carboxylic acids is 2. The minimum Gasteiger partial charge on any atom is -0.462 e. The molecule has 0 saturated heterocycles. The highest BCUT2D eigenvalue weighted by Crippen LogP contribution is 2.14. The highest BCUT2D eigenvalue weighted by Gasteiger charge is 2.30. The van der Waals surface area contributed by atoms with E-state index >= 15 is 0 Å². The van der Waals surface area contributed by atoms with Crippen molar-refractivity contribution in [1.29, 1.82) is 0 Å². The molecule has 0 radical (unpaired) electrons. The molecule has 4 heteroatoms. The summed E-state index contributed by atoms with van der Waals surface area (Å²) in [5, 5.41) is 0. The van der Waals surface area contributed by atoms with Gasteiger partial charge in [0.2, 0.25) is 0 Å². The number of carbonyl (C=O) groups is 2. The largest absolute Gasteiger partial charge is 0.462 e. The molecule has 0 fully saturated rings. The minimum atomic E-state index is -0.849. The lowest BCUT2D eigenvalue weighted by molar-refractivity contribution is -0.166. The van der Waals surface area contributed by atoms with E-state index in [1.54, 1.807) is 33.8 Å². The molecule has 0 spiro atoms. The van der Waals surface area contributed by atoms with Gasteiger partial charge in [0.25, 0.3) is 0 Å². The maximum atomic E-state index is 11.7. The lowest BCUT2D eigenvalue weighted by Gasteiger charge is -2.17. The summed E-state index contributed by atoms with van der Waals surface area (Å²) in [6.07, 6.45) is 2.14. The topological polar surface area (TPSA) is 52.6 Å². The van der Waals surface area contributed by atoms with Crippen LogP contribution in [0, 0.1) is 5.92 Å².